The van der Waals surface area contributed by atoms with Crippen molar-refractivity contribution in [2.75, 3.05) is 5.73 Å². The second kappa shape index (κ2) is 3.89. The summed E-state index contributed by atoms with van der Waals surface area (Å²) in [5.41, 5.74) is 6.21. The summed E-state index contributed by atoms with van der Waals surface area (Å²) in [4.78, 5) is 0. The maximum atomic E-state index is 5.84. The molecule has 1 aromatic carbocycles. The highest BCUT2D eigenvalue weighted by atomic mass is 16.5. The smallest absolute Gasteiger partial charge is 0.164 e. The van der Waals surface area contributed by atoms with E-state index in [0.717, 1.165) is 24.3 Å². The van der Waals surface area contributed by atoms with Crippen LogP contribution in [0.2, 0.25) is 0 Å². The molecule has 2 rings (SSSR count). The van der Waals surface area contributed by atoms with Gasteiger partial charge in [0.2, 0.25) is 0 Å². The first-order chi connectivity index (χ1) is 7.44. The molecule has 0 atom stereocenters. The maximum Gasteiger partial charge on any atom is 0.164 e. The summed E-state index contributed by atoms with van der Waals surface area (Å²) < 4.78 is 11.6. The number of anilines is 1. The van der Waals surface area contributed by atoms with E-state index >= 15 is 0 Å². The minimum Gasteiger partial charge on any atom is -0.487 e. The Bertz CT molecular complexity index is 378. The van der Waals surface area contributed by atoms with Gasteiger partial charge >= 0.3 is 0 Å². The highest BCUT2D eigenvalue weighted by molar-refractivity contribution is 5.52. The van der Waals surface area contributed by atoms with E-state index in [1.165, 1.54) is 0 Å². The Kier molecular flexibility index (Phi) is 2.70. The fourth-order valence-electron chi connectivity index (χ4n) is 1.40. The van der Waals surface area contributed by atoms with Crippen LogP contribution in [0.15, 0.2) is 18.2 Å². The molecule has 0 bridgehead atoms. The monoisotopic (exact) mass is 221 g/mol. The molecule has 88 valence electrons. The van der Waals surface area contributed by atoms with Gasteiger partial charge in [0, 0.05) is 11.8 Å². The molecular formula is C13H19NO2. The van der Waals surface area contributed by atoms with Crippen LogP contribution in [0, 0.1) is 0 Å². The topological polar surface area (TPSA) is 44.5 Å². The van der Waals surface area contributed by atoms with Crippen molar-refractivity contribution in [2.45, 2.75) is 45.3 Å². The van der Waals surface area contributed by atoms with Crippen LogP contribution in [-0.4, -0.2) is 11.7 Å². The molecule has 1 saturated carbocycles. The Morgan fingerprint density at radius 3 is 2.44 bits per heavy atom. The van der Waals surface area contributed by atoms with Gasteiger partial charge in [-0.1, -0.05) is 0 Å². The van der Waals surface area contributed by atoms with Crippen molar-refractivity contribution in [1.29, 1.82) is 0 Å². The van der Waals surface area contributed by atoms with Gasteiger partial charge in [-0.25, -0.2) is 0 Å². The van der Waals surface area contributed by atoms with Crippen LogP contribution in [0.3, 0.4) is 0 Å². The van der Waals surface area contributed by atoms with Crippen molar-refractivity contribution in [3.8, 4) is 11.5 Å². The maximum absolute atomic E-state index is 5.84. The molecule has 0 amide bonds. The van der Waals surface area contributed by atoms with Gasteiger partial charge in [0.15, 0.2) is 11.5 Å². The number of benzene rings is 1. The molecule has 0 aliphatic heterocycles. The first-order valence-electron chi connectivity index (χ1n) is 5.69. The third kappa shape index (κ3) is 3.05. The number of hydrogen-bond donors (Lipinski definition) is 1. The first-order valence-corrected chi connectivity index (χ1v) is 5.69. The lowest BCUT2D eigenvalue weighted by Crippen LogP contribution is -2.23. The molecule has 1 fully saturated rings. The zero-order valence-corrected chi connectivity index (χ0v) is 10.1. The van der Waals surface area contributed by atoms with Gasteiger partial charge in [-0.15, -0.1) is 0 Å². The van der Waals surface area contributed by atoms with E-state index in [-0.39, 0.29) is 5.60 Å². The van der Waals surface area contributed by atoms with E-state index in [1.54, 1.807) is 0 Å². The molecular weight excluding hydrogens is 202 g/mol. The van der Waals surface area contributed by atoms with Crippen molar-refractivity contribution in [2.24, 2.45) is 0 Å². The van der Waals surface area contributed by atoms with Crippen LogP contribution in [0.1, 0.15) is 33.6 Å². The zero-order valence-electron chi connectivity index (χ0n) is 10.1. The Labute approximate surface area is 96.5 Å². The van der Waals surface area contributed by atoms with E-state index in [9.17, 15) is 0 Å². The summed E-state index contributed by atoms with van der Waals surface area (Å²) in [6, 6.07) is 5.55. The number of hydrogen-bond acceptors (Lipinski definition) is 3. The standard InChI is InChI=1S/C13H19NO2/c1-13(2,3)16-12-8-9(14)4-7-11(12)15-10-5-6-10/h4,7-8,10H,5-6,14H2,1-3H3. The van der Waals surface area contributed by atoms with Gasteiger partial charge in [-0.2, -0.15) is 0 Å². The third-order valence-electron chi connectivity index (χ3n) is 2.20. The van der Waals surface area contributed by atoms with Crippen LogP contribution in [0.25, 0.3) is 0 Å². The largest absolute Gasteiger partial charge is 0.487 e. The van der Waals surface area contributed by atoms with E-state index in [2.05, 4.69) is 0 Å². The summed E-state index contributed by atoms with van der Waals surface area (Å²) in [7, 11) is 0. The molecule has 2 N–H and O–H groups in total. The van der Waals surface area contributed by atoms with Gasteiger partial charge < -0.3 is 15.2 Å². The average molecular weight is 221 g/mol. The van der Waals surface area contributed by atoms with Crippen LogP contribution in [-0.2, 0) is 0 Å². The van der Waals surface area contributed by atoms with Crippen molar-refractivity contribution in [3.63, 3.8) is 0 Å². The Balaban J connectivity index is 2.20. The summed E-state index contributed by atoms with van der Waals surface area (Å²) in [5.74, 6) is 1.53. The summed E-state index contributed by atoms with van der Waals surface area (Å²) >= 11 is 0. The lowest BCUT2D eigenvalue weighted by atomic mass is 10.2. The molecule has 0 heterocycles. The Morgan fingerprint density at radius 1 is 1.19 bits per heavy atom. The highest BCUT2D eigenvalue weighted by Crippen LogP contribution is 2.36. The van der Waals surface area contributed by atoms with E-state index < -0.39 is 0 Å². The van der Waals surface area contributed by atoms with Crippen molar-refractivity contribution >= 4 is 5.69 Å². The van der Waals surface area contributed by atoms with E-state index in [4.69, 9.17) is 15.2 Å². The van der Waals surface area contributed by atoms with Crippen molar-refractivity contribution < 1.29 is 9.47 Å². The normalized spacial score (nSPS) is 15.9. The fraction of sp³-hybridized carbons (Fsp3) is 0.538. The SMILES string of the molecule is CC(C)(C)Oc1cc(N)ccc1OC1CC1. The van der Waals surface area contributed by atoms with Crippen LogP contribution >= 0.6 is 0 Å². The van der Waals surface area contributed by atoms with Crippen LogP contribution < -0.4 is 15.2 Å². The number of rotatable bonds is 3. The Morgan fingerprint density at radius 2 is 1.88 bits per heavy atom. The first kappa shape index (κ1) is 11.1. The highest BCUT2D eigenvalue weighted by Gasteiger charge is 2.25. The summed E-state index contributed by atoms with van der Waals surface area (Å²) in [6.45, 7) is 6.03. The van der Waals surface area contributed by atoms with Crippen molar-refractivity contribution in [1.82, 2.24) is 0 Å². The molecule has 3 nitrogen and oxygen atoms in total. The predicted molar refractivity (Wildman–Crippen MR) is 64.9 cm³/mol. The molecule has 0 unspecified atom stereocenters. The van der Waals surface area contributed by atoms with E-state index in [1.807, 2.05) is 39.0 Å². The second-order valence-corrected chi connectivity index (χ2v) is 5.24. The second-order valence-electron chi connectivity index (χ2n) is 5.24. The number of nitrogen functional groups attached to an aromatic ring is 1. The summed E-state index contributed by atoms with van der Waals surface area (Å²) in [6.07, 6.45) is 2.64. The fourth-order valence-corrected chi connectivity index (χ4v) is 1.40. The minimum atomic E-state index is -0.241. The molecule has 1 aromatic rings. The molecule has 0 radical (unpaired) electrons. The van der Waals surface area contributed by atoms with Crippen molar-refractivity contribution in [3.05, 3.63) is 18.2 Å². The van der Waals surface area contributed by atoms with Gasteiger partial charge in [0.05, 0.1) is 6.10 Å². The minimum absolute atomic E-state index is 0.241. The van der Waals surface area contributed by atoms with Crippen LogP contribution in [0.4, 0.5) is 5.69 Å². The predicted octanol–water partition coefficient (Wildman–Crippen LogP) is 2.99. The van der Waals surface area contributed by atoms with Gasteiger partial charge in [-0.05, 0) is 45.7 Å². The molecule has 0 aromatic heterocycles. The van der Waals surface area contributed by atoms with Gasteiger partial charge in [0.25, 0.3) is 0 Å². The molecule has 3 heteroatoms. The lowest BCUT2D eigenvalue weighted by molar-refractivity contribution is 0.123. The third-order valence-corrected chi connectivity index (χ3v) is 2.20. The van der Waals surface area contributed by atoms with Crippen LogP contribution in [0.5, 0.6) is 11.5 Å². The van der Waals surface area contributed by atoms with Gasteiger partial charge in [-0.3, -0.25) is 0 Å². The number of ether oxygens (including phenoxy) is 2. The quantitative estimate of drug-likeness (QED) is 0.798. The molecule has 1 aliphatic carbocycles. The average Bonchev–Trinajstić information content (AvgIpc) is 2.91. The molecule has 0 spiro atoms. The molecule has 0 saturated heterocycles. The molecule has 16 heavy (non-hydrogen) atoms. The number of nitrogens with two attached hydrogens (primary N) is 1. The Hall–Kier alpha value is -1.38. The lowest BCUT2D eigenvalue weighted by Gasteiger charge is -2.23. The van der Waals surface area contributed by atoms with Gasteiger partial charge in [0.1, 0.15) is 5.60 Å². The van der Waals surface area contributed by atoms with E-state index in [0.29, 0.717) is 11.8 Å². The zero-order chi connectivity index (χ0) is 11.8. The molecule has 1 aliphatic rings. The summed E-state index contributed by atoms with van der Waals surface area (Å²) in [5, 5.41) is 0.